The first kappa shape index (κ1) is 23.1. The topological polar surface area (TPSA) is 107 Å². The van der Waals surface area contributed by atoms with Crippen molar-refractivity contribution in [3.05, 3.63) is 54.4 Å². The van der Waals surface area contributed by atoms with E-state index in [1.54, 1.807) is 67.3 Å². The number of thioether (sulfide) groups is 1. The van der Waals surface area contributed by atoms with Gasteiger partial charge in [0.15, 0.2) is 5.16 Å². The van der Waals surface area contributed by atoms with Crippen molar-refractivity contribution in [1.29, 1.82) is 0 Å². The number of anilines is 2. The summed E-state index contributed by atoms with van der Waals surface area (Å²) in [4.78, 5) is 24.6. The third-order valence-corrected chi connectivity index (χ3v) is 5.40. The zero-order chi connectivity index (χ0) is 22.9. The number of ether oxygens (including phenoxy) is 2. The van der Waals surface area contributed by atoms with Crippen molar-refractivity contribution in [2.75, 3.05) is 30.1 Å². The summed E-state index contributed by atoms with van der Waals surface area (Å²) in [6, 6.07) is 14.3. The number of aromatic nitrogens is 3. The van der Waals surface area contributed by atoms with Crippen LogP contribution in [-0.4, -0.2) is 46.0 Å². The van der Waals surface area contributed by atoms with Crippen LogP contribution in [0.25, 0.3) is 0 Å². The van der Waals surface area contributed by atoms with Gasteiger partial charge in [-0.05, 0) is 43.3 Å². The largest absolute Gasteiger partial charge is 0.497 e. The molecule has 1 heterocycles. The number of carbonyl (C=O) groups excluding carboxylic acids is 2. The van der Waals surface area contributed by atoms with Gasteiger partial charge in [-0.15, -0.1) is 10.2 Å². The zero-order valence-electron chi connectivity index (χ0n) is 18.1. The molecule has 0 bridgehead atoms. The van der Waals surface area contributed by atoms with Crippen LogP contribution in [-0.2, 0) is 23.1 Å². The highest BCUT2D eigenvalue weighted by atomic mass is 32.2. The molecular weight excluding hydrogens is 430 g/mol. The van der Waals surface area contributed by atoms with Crippen molar-refractivity contribution in [2.24, 2.45) is 7.05 Å². The first-order valence-corrected chi connectivity index (χ1v) is 10.9. The van der Waals surface area contributed by atoms with Crippen molar-refractivity contribution in [3.63, 3.8) is 0 Å². The summed E-state index contributed by atoms with van der Waals surface area (Å²) in [6.45, 7) is 2.50. The van der Waals surface area contributed by atoms with E-state index in [9.17, 15) is 9.59 Å². The minimum Gasteiger partial charge on any atom is -0.497 e. The molecule has 0 fully saturated rings. The molecule has 10 heteroatoms. The Morgan fingerprint density at radius 3 is 2.47 bits per heavy atom. The number of carbonyl (C=O) groups is 2. The average molecular weight is 456 g/mol. The Labute approximate surface area is 190 Å². The smallest absolute Gasteiger partial charge is 0.234 e. The summed E-state index contributed by atoms with van der Waals surface area (Å²) in [5, 5.41) is 14.4. The molecule has 2 aromatic carbocycles. The number of hydrogen-bond donors (Lipinski definition) is 2. The van der Waals surface area contributed by atoms with E-state index in [4.69, 9.17) is 9.47 Å². The molecule has 3 aromatic rings. The molecule has 0 saturated carbocycles. The Kier molecular flexibility index (Phi) is 8.09. The Bertz CT molecular complexity index is 1070. The van der Waals surface area contributed by atoms with Crippen molar-refractivity contribution in [1.82, 2.24) is 14.8 Å². The van der Waals surface area contributed by atoms with Crippen LogP contribution in [0, 0.1) is 0 Å². The molecule has 0 unspecified atom stereocenters. The minimum atomic E-state index is -0.211. The van der Waals surface area contributed by atoms with Gasteiger partial charge in [0.1, 0.15) is 17.3 Å². The molecule has 0 atom stereocenters. The standard InChI is InChI=1S/C22H25N5O4S/c1-4-31-17-10-8-15(9-11-17)23-20(28)13-19-25-26-22(27(19)2)32-14-21(29)24-16-6-5-7-18(12-16)30-3/h5-12H,4,13-14H2,1-3H3,(H,23,28)(H,24,29). The monoisotopic (exact) mass is 455 g/mol. The molecule has 1 aromatic heterocycles. The van der Waals surface area contributed by atoms with Crippen LogP contribution in [0.2, 0.25) is 0 Å². The van der Waals surface area contributed by atoms with E-state index in [2.05, 4.69) is 20.8 Å². The SMILES string of the molecule is CCOc1ccc(NC(=O)Cc2nnc(SCC(=O)Nc3cccc(OC)c3)n2C)cc1. The summed E-state index contributed by atoms with van der Waals surface area (Å²) in [5.74, 6) is 1.68. The first-order chi connectivity index (χ1) is 15.5. The quantitative estimate of drug-likeness (QED) is 0.452. The molecule has 2 N–H and O–H groups in total. The highest BCUT2D eigenvalue weighted by molar-refractivity contribution is 7.99. The molecule has 0 aliphatic rings. The molecule has 168 valence electrons. The van der Waals surface area contributed by atoms with E-state index in [1.165, 1.54) is 11.8 Å². The van der Waals surface area contributed by atoms with Crippen LogP contribution >= 0.6 is 11.8 Å². The highest BCUT2D eigenvalue weighted by Gasteiger charge is 2.15. The Hall–Kier alpha value is -3.53. The maximum Gasteiger partial charge on any atom is 0.234 e. The lowest BCUT2D eigenvalue weighted by Gasteiger charge is -2.08. The van der Waals surface area contributed by atoms with Crippen LogP contribution in [0.4, 0.5) is 11.4 Å². The summed E-state index contributed by atoms with van der Waals surface area (Å²) < 4.78 is 12.3. The molecule has 2 amide bonds. The number of rotatable bonds is 10. The molecule has 0 aliphatic heterocycles. The molecule has 0 spiro atoms. The average Bonchev–Trinajstić information content (AvgIpc) is 3.13. The van der Waals surface area contributed by atoms with Gasteiger partial charge in [0.2, 0.25) is 11.8 Å². The van der Waals surface area contributed by atoms with Crippen LogP contribution in [0.15, 0.2) is 53.7 Å². The van der Waals surface area contributed by atoms with Gasteiger partial charge in [-0.1, -0.05) is 17.8 Å². The lowest BCUT2D eigenvalue weighted by Crippen LogP contribution is -2.17. The lowest BCUT2D eigenvalue weighted by atomic mass is 10.3. The van der Waals surface area contributed by atoms with E-state index < -0.39 is 0 Å². The van der Waals surface area contributed by atoms with Crippen molar-refractivity contribution in [2.45, 2.75) is 18.5 Å². The van der Waals surface area contributed by atoms with E-state index >= 15 is 0 Å². The third kappa shape index (κ3) is 6.48. The Morgan fingerprint density at radius 1 is 1.00 bits per heavy atom. The van der Waals surface area contributed by atoms with E-state index in [0.29, 0.717) is 34.7 Å². The number of methoxy groups -OCH3 is 1. The Balaban J connectivity index is 1.50. The maximum atomic E-state index is 12.4. The fourth-order valence-electron chi connectivity index (χ4n) is 2.80. The Morgan fingerprint density at radius 2 is 1.75 bits per heavy atom. The first-order valence-electron chi connectivity index (χ1n) is 9.96. The van der Waals surface area contributed by atoms with Crippen LogP contribution < -0.4 is 20.1 Å². The van der Waals surface area contributed by atoms with Gasteiger partial charge < -0.3 is 24.7 Å². The zero-order valence-corrected chi connectivity index (χ0v) is 18.9. The van der Waals surface area contributed by atoms with Gasteiger partial charge in [0.05, 0.1) is 25.9 Å². The molecule has 0 saturated heterocycles. The third-order valence-electron chi connectivity index (χ3n) is 4.38. The van der Waals surface area contributed by atoms with Crippen LogP contribution in [0.3, 0.4) is 0 Å². The predicted octanol–water partition coefficient (Wildman–Crippen LogP) is 3.13. The molecule has 32 heavy (non-hydrogen) atoms. The fourth-order valence-corrected chi connectivity index (χ4v) is 3.53. The second-order valence-electron chi connectivity index (χ2n) is 6.71. The van der Waals surface area contributed by atoms with E-state index in [0.717, 1.165) is 5.75 Å². The van der Waals surface area contributed by atoms with Crippen molar-refractivity contribution < 1.29 is 19.1 Å². The van der Waals surface area contributed by atoms with Gasteiger partial charge in [-0.3, -0.25) is 9.59 Å². The summed E-state index contributed by atoms with van der Waals surface area (Å²) >= 11 is 1.24. The molecule has 0 radical (unpaired) electrons. The molecular formula is C22H25N5O4S. The molecule has 3 rings (SSSR count). The van der Waals surface area contributed by atoms with Crippen LogP contribution in [0.5, 0.6) is 11.5 Å². The maximum absolute atomic E-state index is 12.4. The van der Waals surface area contributed by atoms with E-state index in [-0.39, 0.29) is 24.0 Å². The van der Waals surface area contributed by atoms with Gasteiger partial charge in [-0.25, -0.2) is 0 Å². The van der Waals surface area contributed by atoms with Crippen molar-refractivity contribution in [3.8, 4) is 11.5 Å². The molecule has 9 nitrogen and oxygen atoms in total. The predicted molar refractivity (Wildman–Crippen MR) is 123 cm³/mol. The number of nitrogens with zero attached hydrogens (tertiary/aromatic N) is 3. The van der Waals surface area contributed by atoms with Crippen molar-refractivity contribution >= 4 is 35.0 Å². The summed E-state index contributed by atoms with van der Waals surface area (Å²) in [5.41, 5.74) is 1.32. The second-order valence-corrected chi connectivity index (χ2v) is 7.65. The summed E-state index contributed by atoms with van der Waals surface area (Å²) in [7, 11) is 3.34. The number of benzene rings is 2. The van der Waals surface area contributed by atoms with Gasteiger partial charge in [0, 0.05) is 24.5 Å². The lowest BCUT2D eigenvalue weighted by molar-refractivity contribution is -0.116. The second kappa shape index (κ2) is 11.2. The van der Waals surface area contributed by atoms with Crippen LogP contribution in [0.1, 0.15) is 12.7 Å². The number of amides is 2. The number of nitrogens with one attached hydrogen (secondary N) is 2. The van der Waals surface area contributed by atoms with Gasteiger partial charge in [0.25, 0.3) is 0 Å². The number of hydrogen-bond acceptors (Lipinski definition) is 7. The molecule has 0 aliphatic carbocycles. The van der Waals surface area contributed by atoms with Gasteiger partial charge in [-0.2, -0.15) is 0 Å². The minimum absolute atomic E-state index is 0.0628. The van der Waals surface area contributed by atoms with Gasteiger partial charge >= 0.3 is 0 Å². The highest BCUT2D eigenvalue weighted by Crippen LogP contribution is 2.20. The normalized spacial score (nSPS) is 10.5. The van der Waals surface area contributed by atoms with E-state index in [1.807, 2.05) is 6.92 Å². The summed E-state index contributed by atoms with van der Waals surface area (Å²) in [6.07, 6.45) is 0.0628. The fraction of sp³-hybridized carbons (Fsp3) is 0.273.